The maximum absolute atomic E-state index is 11.6. The van der Waals surface area contributed by atoms with Crippen LogP contribution in [0.25, 0.3) is 0 Å². The van der Waals surface area contributed by atoms with Crippen LogP contribution in [-0.2, 0) is 11.2 Å². The standard InChI is InChI=1S/C16H20N6O2/c1-3-10-5-4-6-11(7-10)21-15-12(14(18)24)8-19-16(22-15)20-9(2)13(17)23/h4-9H,3H2,1-2H3,(H2,17,23)(H2,18,24)(H2,19,20,21,22). The zero-order chi connectivity index (χ0) is 17.7. The van der Waals surface area contributed by atoms with Crippen LogP contribution in [0.1, 0.15) is 29.8 Å². The molecule has 0 saturated heterocycles. The predicted octanol–water partition coefficient (Wildman–Crippen LogP) is 1.17. The van der Waals surface area contributed by atoms with E-state index in [4.69, 9.17) is 11.5 Å². The first-order valence-corrected chi connectivity index (χ1v) is 7.49. The Morgan fingerprint density at radius 1 is 1.29 bits per heavy atom. The second-order valence-corrected chi connectivity index (χ2v) is 5.27. The van der Waals surface area contributed by atoms with Gasteiger partial charge in [0.15, 0.2) is 0 Å². The molecule has 0 aliphatic rings. The second kappa shape index (κ2) is 7.40. The zero-order valence-corrected chi connectivity index (χ0v) is 13.5. The molecule has 1 unspecified atom stereocenters. The molecule has 6 N–H and O–H groups in total. The van der Waals surface area contributed by atoms with E-state index in [-0.39, 0.29) is 17.3 Å². The molecule has 8 heteroatoms. The van der Waals surface area contributed by atoms with Gasteiger partial charge in [-0.1, -0.05) is 19.1 Å². The normalized spacial score (nSPS) is 11.6. The number of benzene rings is 1. The lowest BCUT2D eigenvalue weighted by atomic mass is 10.1. The first kappa shape index (κ1) is 17.2. The molecule has 1 atom stereocenters. The Labute approximate surface area is 139 Å². The molecule has 0 aliphatic heterocycles. The molecule has 24 heavy (non-hydrogen) atoms. The molecule has 1 heterocycles. The fourth-order valence-corrected chi connectivity index (χ4v) is 2.00. The van der Waals surface area contributed by atoms with E-state index in [1.807, 2.05) is 31.2 Å². The lowest BCUT2D eigenvalue weighted by Gasteiger charge is -2.14. The highest BCUT2D eigenvalue weighted by Gasteiger charge is 2.15. The number of hydrogen-bond donors (Lipinski definition) is 4. The zero-order valence-electron chi connectivity index (χ0n) is 13.5. The molecule has 8 nitrogen and oxygen atoms in total. The molecule has 0 spiro atoms. The quantitative estimate of drug-likeness (QED) is 0.602. The summed E-state index contributed by atoms with van der Waals surface area (Å²) in [5, 5.41) is 5.83. The van der Waals surface area contributed by atoms with Gasteiger partial charge in [-0.25, -0.2) is 4.98 Å². The van der Waals surface area contributed by atoms with Gasteiger partial charge in [-0.2, -0.15) is 4.98 Å². The highest BCUT2D eigenvalue weighted by atomic mass is 16.1. The van der Waals surface area contributed by atoms with Gasteiger partial charge in [-0.05, 0) is 31.0 Å². The third kappa shape index (κ3) is 4.19. The highest BCUT2D eigenvalue weighted by molar-refractivity contribution is 5.98. The molecule has 0 bridgehead atoms. The lowest BCUT2D eigenvalue weighted by molar-refractivity contribution is -0.118. The highest BCUT2D eigenvalue weighted by Crippen LogP contribution is 2.21. The van der Waals surface area contributed by atoms with Crippen LogP contribution in [-0.4, -0.2) is 27.8 Å². The van der Waals surface area contributed by atoms with Crippen LogP contribution < -0.4 is 22.1 Å². The molecule has 0 saturated carbocycles. The van der Waals surface area contributed by atoms with Gasteiger partial charge in [0, 0.05) is 11.9 Å². The van der Waals surface area contributed by atoms with Gasteiger partial charge in [0.1, 0.15) is 17.4 Å². The second-order valence-electron chi connectivity index (χ2n) is 5.27. The lowest BCUT2D eigenvalue weighted by Crippen LogP contribution is -2.33. The number of amides is 2. The van der Waals surface area contributed by atoms with Crippen LogP contribution >= 0.6 is 0 Å². The van der Waals surface area contributed by atoms with E-state index in [1.165, 1.54) is 6.20 Å². The molecule has 0 radical (unpaired) electrons. The topological polar surface area (TPSA) is 136 Å². The van der Waals surface area contributed by atoms with E-state index >= 15 is 0 Å². The maximum Gasteiger partial charge on any atom is 0.254 e. The van der Waals surface area contributed by atoms with E-state index in [1.54, 1.807) is 6.92 Å². The number of nitrogens with one attached hydrogen (secondary N) is 2. The van der Waals surface area contributed by atoms with E-state index in [9.17, 15) is 9.59 Å². The van der Waals surface area contributed by atoms with Crippen LogP contribution in [0.3, 0.4) is 0 Å². The maximum atomic E-state index is 11.6. The van der Waals surface area contributed by atoms with Crippen molar-refractivity contribution in [3.05, 3.63) is 41.6 Å². The van der Waals surface area contributed by atoms with Crippen LogP contribution in [0, 0.1) is 0 Å². The van der Waals surface area contributed by atoms with Gasteiger partial charge >= 0.3 is 0 Å². The fraction of sp³-hybridized carbons (Fsp3) is 0.250. The Morgan fingerprint density at radius 3 is 2.67 bits per heavy atom. The summed E-state index contributed by atoms with van der Waals surface area (Å²) >= 11 is 0. The number of aryl methyl sites for hydroxylation is 1. The van der Waals surface area contributed by atoms with Gasteiger partial charge in [0.2, 0.25) is 11.9 Å². The summed E-state index contributed by atoms with van der Waals surface area (Å²) in [6, 6.07) is 7.06. The minimum Gasteiger partial charge on any atom is -0.368 e. The molecule has 1 aromatic heterocycles. The third-order valence-electron chi connectivity index (χ3n) is 3.42. The molecule has 1 aromatic carbocycles. The molecule has 2 aromatic rings. The summed E-state index contributed by atoms with van der Waals surface area (Å²) in [6.45, 7) is 3.64. The van der Waals surface area contributed by atoms with Gasteiger partial charge in [-0.15, -0.1) is 0 Å². The summed E-state index contributed by atoms with van der Waals surface area (Å²) in [7, 11) is 0. The summed E-state index contributed by atoms with van der Waals surface area (Å²) in [4.78, 5) is 30.9. The number of rotatable bonds is 7. The Kier molecular flexibility index (Phi) is 5.31. The fourth-order valence-electron chi connectivity index (χ4n) is 2.00. The SMILES string of the molecule is CCc1cccc(Nc2nc(NC(C)C(N)=O)ncc2C(N)=O)c1. The summed E-state index contributed by atoms with van der Waals surface area (Å²) in [6.07, 6.45) is 2.18. The number of carbonyl (C=O) groups excluding carboxylic acids is 2. The number of nitrogens with two attached hydrogens (primary N) is 2. The molecule has 2 amide bonds. The Morgan fingerprint density at radius 2 is 2.04 bits per heavy atom. The molecule has 0 aliphatic carbocycles. The van der Waals surface area contributed by atoms with Crippen molar-refractivity contribution in [3.8, 4) is 0 Å². The van der Waals surface area contributed by atoms with Crippen molar-refractivity contribution in [1.29, 1.82) is 0 Å². The van der Waals surface area contributed by atoms with Crippen molar-refractivity contribution in [2.75, 3.05) is 10.6 Å². The van der Waals surface area contributed by atoms with Crippen LogP contribution in [0.5, 0.6) is 0 Å². The van der Waals surface area contributed by atoms with Gasteiger partial charge in [0.05, 0.1) is 0 Å². The predicted molar refractivity (Wildman–Crippen MR) is 91.9 cm³/mol. The van der Waals surface area contributed by atoms with Gasteiger partial charge < -0.3 is 22.1 Å². The number of aromatic nitrogens is 2. The minimum atomic E-state index is -0.654. The van der Waals surface area contributed by atoms with Crippen molar-refractivity contribution in [2.24, 2.45) is 11.5 Å². The Hall–Kier alpha value is -3.16. The average molecular weight is 328 g/mol. The Bertz CT molecular complexity index is 762. The summed E-state index contributed by atoms with van der Waals surface area (Å²) in [5.74, 6) is -0.772. The summed E-state index contributed by atoms with van der Waals surface area (Å²) in [5.41, 5.74) is 12.6. The van der Waals surface area contributed by atoms with Crippen LogP contribution in [0.2, 0.25) is 0 Å². The number of carbonyl (C=O) groups is 2. The van der Waals surface area contributed by atoms with Gasteiger partial charge in [0.25, 0.3) is 5.91 Å². The molecule has 2 rings (SSSR count). The number of anilines is 3. The minimum absolute atomic E-state index is 0.147. The smallest absolute Gasteiger partial charge is 0.254 e. The summed E-state index contributed by atoms with van der Waals surface area (Å²) < 4.78 is 0. The van der Waals surface area contributed by atoms with Gasteiger partial charge in [-0.3, -0.25) is 9.59 Å². The van der Waals surface area contributed by atoms with E-state index in [0.717, 1.165) is 17.7 Å². The first-order valence-electron chi connectivity index (χ1n) is 7.49. The van der Waals surface area contributed by atoms with E-state index in [0.29, 0.717) is 0 Å². The van der Waals surface area contributed by atoms with Crippen molar-refractivity contribution in [1.82, 2.24) is 9.97 Å². The number of hydrogen-bond acceptors (Lipinski definition) is 6. The Balaban J connectivity index is 2.34. The van der Waals surface area contributed by atoms with E-state index < -0.39 is 17.9 Å². The first-order chi connectivity index (χ1) is 11.4. The van der Waals surface area contributed by atoms with Crippen molar-refractivity contribution < 1.29 is 9.59 Å². The van der Waals surface area contributed by atoms with Crippen LogP contribution in [0.15, 0.2) is 30.5 Å². The number of nitrogens with zero attached hydrogens (tertiary/aromatic N) is 2. The van der Waals surface area contributed by atoms with Crippen molar-refractivity contribution >= 4 is 29.3 Å². The number of primary amides is 2. The molecular weight excluding hydrogens is 308 g/mol. The third-order valence-corrected chi connectivity index (χ3v) is 3.42. The molecule has 0 fully saturated rings. The van der Waals surface area contributed by atoms with Crippen molar-refractivity contribution in [3.63, 3.8) is 0 Å². The largest absolute Gasteiger partial charge is 0.368 e. The molecule has 126 valence electrons. The monoisotopic (exact) mass is 328 g/mol. The molecular formula is C16H20N6O2. The van der Waals surface area contributed by atoms with E-state index in [2.05, 4.69) is 20.6 Å². The van der Waals surface area contributed by atoms with Crippen molar-refractivity contribution in [2.45, 2.75) is 26.3 Å². The average Bonchev–Trinajstić information content (AvgIpc) is 2.54. The van der Waals surface area contributed by atoms with Crippen LogP contribution in [0.4, 0.5) is 17.5 Å².